The molecule has 0 heterocycles. The van der Waals surface area contributed by atoms with Crippen molar-refractivity contribution in [2.75, 3.05) is 5.73 Å². The van der Waals surface area contributed by atoms with Gasteiger partial charge in [0.15, 0.2) is 0 Å². The average molecular weight is 253 g/mol. The van der Waals surface area contributed by atoms with E-state index in [1.807, 2.05) is 44.2 Å². The van der Waals surface area contributed by atoms with Gasteiger partial charge in [-0.25, -0.2) is 0 Å². The lowest BCUT2D eigenvalue weighted by Crippen LogP contribution is -2.41. The lowest BCUT2D eigenvalue weighted by Gasteiger charge is -2.27. The molecule has 2 aromatic carbocycles. The number of amides is 1. The maximum absolute atomic E-state index is 12.2. The Labute approximate surface area is 113 Å². The molecule has 0 aliphatic heterocycles. The highest BCUT2D eigenvalue weighted by atomic mass is 16.1. The molecule has 0 saturated heterocycles. The van der Waals surface area contributed by atoms with Crippen LogP contribution >= 0.6 is 0 Å². The molecule has 0 aliphatic carbocycles. The Morgan fingerprint density at radius 2 is 1.84 bits per heavy atom. The summed E-state index contributed by atoms with van der Waals surface area (Å²) in [7, 11) is 0. The SMILES string of the molecule is CC(C)(NC(=O)c1[c]cccc1N)c1ccccc1. The molecular formula is C16H17N2O. The molecule has 1 radical (unpaired) electrons. The molecule has 2 aromatic rings. The van der Waals surface area contributed by atoms with Gasteiger partial charge in [-0.05, 0) is 31.5 Å². The zero-order chi connectivity index (χ0) is 13.9. The van der Waals surface area contributed by atoms with Crippen LogP contribution in [0.25, 0.3) is 0 Å². The third-order valence-electron chi connectivity index (χ3n) is 3.04. The first kappa shape index (κ1) is 13.1. The second kappa shape index (κ2) is 5.14. The minimum absolute atomic E-state index is 0.216. The Hall–Kier alpha value is -2.29. The largest absolute Gasteiger partial charge is 0.398 e. The van der Waals surface area contributed by atoms with Gasteiger partial charge in [0, 0.05) is 5.69 Å². The molecule has 19 heavy (non-hydrogen) atoms. The van der Waals surface area contributed by atoms with Crippen molar-refractivity contribution in [1.82, 2.24) is 5.32 Å². The number of nitrogens with one attached hydrogen (secondary N) is 1. The van der Waals surface area contributed by atoms with E-state index in [1.165, 1.54) is 0 Å². The number of nitrogens with two attached hydrogens (primary N) is 1. The molecule has 3 nitrogen and oxygen atoms in total. The van der Waals surface area contributed by atoms with Crippen LogP contribution in [0.1, 0.15) is 29.8 Å². The summed E-state index contributed by atoms with van der Waals surface area (Å²) < 4.78 is 0. The fraction of sp³-hybridized carbons (Fsp3) is 0.188. The molecule has 0 fully saturated rings. The Balaban J connectivity index is 2.22. The van der Waals surface area contributed by atoms with Crippen LogP contribution in [0.5, 0.6) is 0 Å². The van der Waals surface area contributed by atoms with Crippen LogP contribution in [0.3, 0.4) is 0 Å². The number of hydrogen-bond donors (Lipinski definition) is 2. The zero-order valence-corrected chi connectivity index (χ0v) is 11.1. The molecule has 2 rings (SSSR count). The van der Waals surface area contributed by atoms with Gasteiger partial charge >= 0.3 is 0 Å². The van der Waals surface area contributed by atoms with Crippen LogP contribution in [-0.2, 0) is 5.54 Å². The van der Waals surface area contributed by atoms with Gasteiger partial charge in [-0.2, -0.15) is 0 Å². The highest BCUT2D eigenvalue weighted by molar-refractivity contribution is 5.99. The van der Waals surface area contributed by atoms with E-state index in [1.54, 1.807) is 18.2 Å². The van der Waals surface area contributed by atoms with E-state index in [2.05, 4.69) is 11.4 Å². The summed E-state index contributed by atoms with van der Waals surface area (Å²) in [6, 6.07) is 17.8. The third-order valence-corrected chi connectivity index (χ3v) is 3.04. The van der Waals surface area contributed by atoms with Gasteiger partial charge in [-0.1, -0.05) is 42.5 Å². The minimum Gasteiger partial charge on any atom is -0.398 e. The number of carbonyl (C=O) groups is 1. The fourth-order valence-corrected chi connectivity index (χ4v) is 1.92. The minimum atomic E-state index is -0.464. The number of carbonyl (C=O) groups excluding carboxylic acids is 1. The van der Waals surface area contributed by atoms with E-state index < -0.39 is 5.54 Å². The van der Waals surface area contributed by atoms with Gasteiger partial charge in [-0.15, -0.1) is 0 Å². The quantitative estimate of drug-likeness (QED) is 0.826. The van der Waals surface area contributed by atoms with Crippen LogP contribution in [-0.4, -0.2) is 5.91 Å². The number of anilines is 1. The second-order valence-electron chi connectivity index (χ2n) is 4.95. The van der Waals surface area contributed by atoms with E-state index in [-0.39, 0.29) is 5.91 Å². The summed E-state index contributed by atoms with van der Waals surface area (Å²) in [5.74, 6) is -0.216. The summed E-state index contributed by atoms with van der Waals surface area (Å²) in [6.07, 6.45) is 0. The van der Waals surface area contributed by atoms with Gasteiger partial charge in [0.05, 0.1) is 11.1 Å². The highest BCUT2D eigenvalue weighted by Crippen LogP contribution is 2.21. The van der Waals surface area contributed by atoms with Gasteiger partial charge in [-0.3, -0.25) is 4.79 Å². The zero-order valence-electron chi connectivity index (χ0n) is 11.1. The molecule has 0 spiro atoms. The molecule has 0 aliphatic rings. The lowest BCUT2D eigenvalue weighted by molar-refractivity contribution is 0.0912. The van der Waals surface area contributed by atoms with Crippen LogP contribution in [0.15, 0.2) is 48.5 Å². The average Bonchev–Trinajstić information content (AvgIpc) is 2.39. The summed E-state index contributed by atoms with van der Waals surface area (Å²) in [4.78, 5) is 12.2. The summed E-state index contributed by atoms with van der Waals surface area (Å²) >= 11 is 0. The number of hydrogen-bond acceptors (Lipinski definition) is 2. The molecule has 3 N–H and O–H groups in total. The molecule has 0 saturated carbocycles. The summed E-state index contributed by atoms with van der Waals surface area (Å²) in [5, 5.41) is 2.98. The molecular weight excluding hydrogens is 236 g/mol. The van der Waals surface area contributed by atoms with Gasteiger partial charge < -0.3 is 11.1 Å². The molecule has 0 bridgehead atoms. The number of benzene rings is 2. The van der Waals surface area contributed by atoms with Crippen molar-refractivity contribution < 1.29 is 4.79 Å². The Morgan fingerprint density at radius 3 is 2.47 bits per heavy atom. The molecule has 0 atom stereocenters. The predicted molar refractivity (Wildman–Crippen MR) is 76.6 cm³/mol. The van der Waals surface area contributed by atoms with E-state index >= 15 is 0 Å². The normalized spacial score (nSPS) is 11.1. The van der Waals surface area contributed by atoms with Crippen LogP contribution in [0.4, 0.5) is 5.69 Å². The maximum atomic E-state index is 12.2. The van der Waals surface area contributed by atoms with Crippen molar-refractivity contribution in [2.24, 2.45) is 0 Å². The van der Waals surface area contributed by atoms with Crippen molar-refractivity contribution in [3.63, 3.8) is 0 Å². The van der Waals surface area contributed by atoms with E-state index in [0.29, 0.717) is 11.3 Å². The first-order valence-electron chi connectivity index (χ1n) is 6.15. The van der Waals surface area contributed by atoms with Crippen LogP contribution < -0.4 is 11.1 Å². The predicted octanol–water partition coefficient (Wildman–Crippen LogP) is 2.73. The standard InChI is InChI=1S/C16H17N2O/c1-16(2,12-8-4-3-5-9-12)18-15(19)13-10-6-7-11-14(13)17/h3-9,11H,17H2,1-2H3,(H,18,19). The number of nitrogen functional groups attached to an aromatic ring is 1. The van der Waals surface area contributed by atoms with Crippen molar-refractivity contribution in [3.05, 3.63) is 65.7 Å². The second-order valence-corrected chi connectivity index (χ2v) is 4.95. The van der Waals surface area contributed by atoms with Crippen molar-refractivity contribution >= 4 is 11.6 Å². The Kier molecular flexibility index (Phi) is 3.56. The van der Waals surface area contributed by atoms with E-state index in [0.717, 1.165) is 5.56 Å². The molecule has 3 heteroatoms. The Bertz CT molecular complexity index is 576. The van der Waals surface area contributed by atoms with Gasteiger partial charge in [0.25, 0.3) is 5.91 Å². The monoisotopic (exact) mass is 253 g/mol. The fourth-order valence-electron chi connectivity index (χ4n) is 1.92. The maximum Gasteiger partial charge on any atom is 0.254 e. The van der Waals surface area contributed by atoms with E-state index in [4.69, 9.17) is 5.73 Å². The van der Waals surface area contributed by atoms with Gasteiger partial charge in [0.1, 0.15) is 0 Å². The first-order chi connectivity index (χ1) is 9.00. The van der Waals surface area contributed by atoms with Crippen LogP contribution in [0, 0.1) is 6.07 Å². The molecule has 97 valence electrons. The molecule has 0 unspecified atom stereocenters. The van der Waals surface area contributed by atoms with Crippen molar-refractivity contribution in [3.8, 4) is 0 Å². The smallest absolute Gasteiger partial charge is 0.254 e. The molecule has 1 amide bonds. The summed E-state index contributed by atoms with van der Waals surface area (Å²) in [5.41, 5.74) is 7.18. The van der Waals surface area contributed by atoms with Crippen LogP contribution in [0.2, 0.25) is 0 Å². The highest BCUT2D eigenvalue weighted by Gasteiger charge is 2.23. The summed E-state index contributed by atoms with van der Waals surface area (Å²) in [6.45, 7) is 3.92. The number of rotatable bonds is 3. The third kappa shape index (κ3) is 2.94. The van der Waals surface area contributed by atoms with Gasteiger partial charge in [0.2, 0.25) is 0 Å². The van der Waals surface area contributed by atoms with Crippen molar-refractivity contribution in [2.45, 2.75) is 19.4 Å². The van der Waals surface area contributed by atoms with E-state index in [9.17, 15) is 4.79 Å². The topological polar surface area (TPSA) is 55.1 Å². The molecule has 0 aromatic heterocycles. The lowest BCUT2D eigenvalue weighted by atomic mass is 9.94. The first-order valence-corrected chi connectivity index (χ1v) is 6.15. The Morgan fingerprint density at radius 1 is 1.16 bits per heavy atom. The van der Waals surface area contributed by atoms with Crippen molar-refractivity contribution in [1.29, 1.82) is 0 Å².